The first kappa shape index (κ1) is 19.8. The minimum Gasteiger partial charge on any atom is -0.366 e. The van der Waals surface area contributed by atoms with E-state index in [1.165, 1.54) is 23.1 Å². The van der Waals surface area contributed by atoms with Crippen LogP contribution in [0.2, 0.25) is 0 Å². The number of H-pyrrole nitrogens is 1. The number of anilines is 1. The van der Waals surface area contributed by atoms with E-state index in [9.17, 15) is 9.59 Å². The van der Waals surface area contributed by atoms with Gasteiger partial charge in [0, 0.05) is 28.7 Å². The molecule has 31 heavy (non-hydrogen) atoms. The molecule has 1 atom stereocenters. The first-order valence-corrected chi connectivity index (χ1v) is 11.6. The molecule has 158 valence electrons. The molecule has 0 unspecified atom stereocenters. The van der Waals surface area contributed by atoms with Gasteiger partial charge in [-0.15, -0.1) is 21.5 Å². The summed E-state index contributed by atoms with van der Waals surface area (Å²) < 4.78 is 2.14. The van der Waals surface area contributed by atoms with Gasteiger partial charge in [-0.05, 0) is 37.3 Å². The van der Waals surface area contributed by atoms with Gasteiger partial charge < -0.3 is 16.0 Å². The topological polar surface area (TPSA) is 119 Å². The van der Waals surface area contributed by atoms with Crippen LogP contribution >= 0.6 is 23.1 Å². The van der Waals surface area contributed by atoms with Gasteiger partial charge in [-0.25, -0.2) is 0 Å². The molecule has 1 aromatic carbocycles. The number of amides is 2. The van der Waals surface area contributed by atoms with Gasteiger partial charge >= 0.3 is 0 Å². The lowest BCUT2D eigenvalue weighted by atomic mass is 10.1. The number of carbonyl (C=O) groups is 2. The lowest BCUT2D eigenvalue weighted by Crippen LogP contribution is -2.24. The maximum absolute atomic E-state index is 12.8. The van der Waals surface area contributed by atoms with Crippen molar-refractivity contribution in [1.29, 1.82) is 0 Å². The fourth-order valence-electron chi connectivity index (χ4n) is 3.48. The smallest absolute Gasteiger partial charge is 0.251 e. The van der Waals surface area contributed by atoms with Gasteiger partial charge in [0.1, 0.15) is 5.00 Å². The molecule has 1 fully saturated rings. The standard InChI is InChI=1S/C21H20N6O2S2/c1-11(19(29)24-20-14(17(22)28)8-9-30-20)31-21-26-25-18(27(21)12-6-7-12)15-10-23-16-5-3-2-4-13(15)16/h2-5,8-12,23H,6-7H2,1H3,(H2,22,28)(H,24,29)/t11-/m1/s1. The fourth-order valence-corrected chi connectivity index (χ4v) is 5.20. The number of aromatic amines is 1. The number of nitrogens with one attached hydrogen (secondary N) is 2. The van der Waals surface area contributed by atoms with E-state index < -0.39 is 11.2 Å². The molecule has 0 aliphatic heterocycles. The van der Waals surface area contributed by atoms with Crippen LogP contribution in [0.1, 0.15) is 36.2 Å². The van der Waals surface area contributed by atoms with Crippen LogP contribution < -0.4 is 11.1 Å². The zero-order valence-corrected chi connectivity index (χ0v) is 18.3. The third-order valence-electron chi connectivity index (χ3n) is 5.23. The van der Waals surface area contributed by atoms with Crippen LogP contribution in [0.3, 0.4) is 0 Å². The highest BCUT2D eigenvalue weighted by molar-refractivity contribution is 8.00. The summed E-state index contributed by atoms with van der Waals surface area (Å²) in [5.41, 5.74) is 7.74. The van der Waals surface area contributed by atoms with Crippen LogP contribution in [-0.2, 0) is 4.79 Å². The number of primary amides is 1. The van der Waals surface area contributed by atoms with Gasteiger partial charge in [0.05, 0.1) is 10.8 Å². The van der Waals surface area contributed by atoms with Gasteiger partial charge in [-0.1, -0.05) is 30.0 Å². The summed E-state index contributed by atoms with van der Waals surface area (Å²) in [4.78, 5) is 27.6. The van der Waals surface area contributed by atoms with Gasteiger partial charge in [0.15, 0.2) is 11.0 Å². The number of hydrogen-bond donors (Lipinski definition) is 3. The lowest BCUT2D eigenvalue weighted by molar-refractivity contribution is -0.115. The third-order valence-corrected chi connectivity index (χ3v) is 7.11. The summed E-state index contributed by atoms with van der Waals surface area (Å²) in [6.07, 6.45) is 4.09. The van der Waals surface area contributed by atoms with Crippen LogP contribution in [0.25, 0.3) is 22.3 Å². The second-order valence-corrected chi connectivity index (χ2v) is 9.66. The molecule has 5 rings (SSSR count). The number of hydrogen-bond acceptors (Lipinski definition) is 6. The van der Waals surface area contributed by atoms with E-state index in [0.29, 0.717) is 21.8 Å². The molecule has 10 heteroatoms. The molecule has 0 radical (unpaired) electrons. The monoisotopic (exact) mass is 452 g/mol. The molecule has 8 nitrogen and oxygen atoms in total. The molecule has 3 aromatic heterocycles. The Morgan fingerprint density at radius 2 is 2.10 bits per heavy atom. The van der Waals surface area contributed by atoms with Crippen molar-refractivity contribution in [1.82, 2.24) is 19.7 Å². The molecule has 0 spiro atoms. The second-order valence-electron chi connectivity index (χ2n) is 7.43. The van der Waals surface area contributed by atoms with E-state index in [4.69, 9.17) is 5.73 Å². The van der Waals surface area contributed by atoms with Crippen LogP contribution in [0, 0.1) is 0 Å². The zero-order valence-electron chi connectivity index (χ0n) is 16.7. The van der Waals surface area contributed by atoms with E-state index in [-0.39, 0.29) is 5.91 Å². The van der Waals surface area contributed by atoms with Crippen molar-refractivity contribution in [3.05, 3.63) is 47.5 Å². The summed E-state index contributed by atoms with van der Waals surface area (Å²) in [5.74, 6) is 0.0342. The number of benzene rings is 1. The summed E-state index contributed by atoms with van der Waals surface area (Å²) in [7, 11) is 0. The lowest BCUT2D eigenvalue weighted by Gasteiger charge is -2.13. The summed E-state index contributed by atoms with van der Waals surface area (Å²) >= 11 is 2.63. The van der Waals surface area contributed by atoms with E-state index in [1.54, 1.807) is 11.4 Å². The maximum Gasteiger partial charge on any atom is 0.251 e. The normalized spacial score (nSPS) is 14.6. The zero-order chi connectivity index (χ0) is 21.5. The third kappa shape index (κ3) is 3.72. The molecule has 1 aliphatic carbocycles. The number of nitrogens with zero attached hydrogens (tertiary/aromatic N) is 3. The van der Waals surface area contributed by atoms with Crippen LogP contribution in [-0.4, -0.2) is 36.8 Å². The van der Waals surface area contributed by atoms with Crippen LogP contribution in [0.5, 0.6) is 0 Å². The summed E-state index contributed by atoms with van der Waals surface area (Å²) in [6, 6.07) is 10.0. The van der Waals surface area contributed by atoms with Crippen molar-refractivity contribution in [2.45, 2.75) is 36.2 Å². The van der Waals surface area contributed by atoms with E-state index >= 15 is 0 Å². The number of thioether (sulfide) groups is 1. The number of carbonyl (C=O) groups excluding carboxylic acids is 2. The quantitative estimate of drug-likeness (QED) is 0.366. The summed E-state index contributed by atoms with van der Waals surface area (Å²) in [6.45, 7) is 1.81. The molecule has 4 aromatic rings. The molecule has 1 saturated carbocycles. The van der Waals surface area contributed by atoms with Gasteiger partial charge in [0.25, 0.3) is 5.91 Å². The number of fused-ring (bicyclic) bond motifs is 1. The molecule has 4 N–H and O–H groups in total. The highest BCUT2D eigenvalue weighted by Crippen LogP contribution is 2.43. The van der Waals surface area contributed by atoms with E-state index in [1.807, 2.05) is 31.3 Å². The fraction of sp³-hybridized carbons (Fsp3) is 0.238. The average molecular weight is 453 g/mol. The molecule has 3 heterocycles. The Labute approximate surface area is 186 Å². The van der Waals surface area contributed by atoms with Crippen molar-refractivity contribution >= 4 is 50.8 Å². The Morgan fingerprint density at radius 3 is 2.87 bits per heavy atom. The van der Waals surface area contributed by atoms with Crippen molar-refractivity contribution in [2.24, 2.45) is 5.73 Å². The highest BCUT2D eigenvalue weighted by Gasteiger charge is 2.32. The average Bonchev–Trinajstić information content (AvgIpc) is 3.14. The first-order valence-electron chi connectivity index (χ1n) is 9.89. The predicted octanol–water partition coefficient (Wildman–Crippen LogP) is 4.04. The molecule has 0 saturated heterocycles. The number of aromatic nitrogens is 4. The Morgan fingerprint density at radius 1 is 1.29 bits per heavy atom. The molecule has 1 aliphatic rings. The van der Waals surface area contributed by atoms with E-state index in [0.717, 1.165) is 35.1 Å². The molecular formula is C21H20N6O2S2. The van der Waals surface area contributed by atoms with Crippen molar-refractivity contribution < 1.29 is 9.59 Å². The van der Waals surface area contributed by atoms with Gasteiger partial charge in [0.2, 0.25) is 5.91 Å². The SMILES string of the molecule is C[C@@H](Sc1nnc(-c2c[nH]c3ccccc23)n1C1CC1)C(=O)Nc1sccc1C(N)=O. The van der Waals surface area contributed by atoms with Crippen molar-refractivity contribution in [3.63, 3.8) is 0 Å². The van der Waals surface area contributed by atoms with Gasteiger partial charge in [-0.3, -0.25) is 14.2 Å². The van der Waals surface area contributed by atoms with Crippen molar-refractivity contribution in [2.75, 3.05) is 5.32 Å². The van der Waals surface area contributed by atoms with Gasteiger partial charge in [-0.2, -0.15) is 0 Å². The Kier molecular flexibility index (Phi) is 5.03. The van der Waals surface area contributed by atoms with Crippen molar-refractivity contribution in [3.8, 4) is 11.4 Å². The first-order chi connectivity index (χ1) is 15.0. The minimum atomic E-state index is -0.561. The Bertz CT molecular complexity index is 1290. The number of nitrogens with two attached hydrogens (primary N) is 1. The largest absolute Gasteiger partial charge is 0.366 e. The van der Waals surface area contributed by atoms with Crippen LogP contribution in [0.4, 0.5) is 5.00 Å². The predicted molar refractivity (Wildman–Crippen MR) is 122 cm³/mol. The maximum atomic E-state index is 12.8. The number of rotatable bonds is 7. The second kappa shape index (κ2) is 7.86. The Hall–Kier alpha value is -3.11. The number of thiophene rings is 1. The number of para-hydroxylation sites is 1. The molecular weight excluding hydrogens is 432 g/mol. The highest BCUT2D eigenvalue weighted by atomic mass is 32.2. The minimum absolute atomic E-state index is 0.214. The Balaban J connectivity index is 1.40. The summed E-state index contributed by atoms with van der Waals surface area (Å²) in [5, 5.41) is 15.3. The van der Waals surface area contributed by atoms with Crippen LogP contribution in [0.15, 0.2) is 47.1 Å². The molecule has 0 bridgehead atoms. The molecule has 2 amide bonds. The van der Waals surface area contributed by atoms with E-state index in [2.05, 4.69) is 31.1 Å².